The second-order valence-electron chi connectivity index (χ2n) is 8.17. The van der Waals surface area contributed by atoms with Gasteiger partial charge in [0, 0.05) is 42.9 Å². The molecule has 4 aromatic rings. The standard InChI is InChI=1S/C31H28N2O3/c1-35-30-22-27(15-17-29(30)36-24-26-12-6-3-7-13-26)23-33(21-19-28-14-8-9-20-32-28)31(34)18-16-25-10-4-2-5-11-25/h2-15,17,20,22H,19,21,23-24H2,1H3. The summed E-state index contributed by atoms with van der Waals surface area (Å²) in [5.74, 6) is 6.80. The van der Waals surface area contributed by atoms with E-state index < -0.39 is 0 Å². The minimum absolute atomic E-state index is 0.238. The zero-order chi connectivity index (χ0) is 25.0. The zero-order valence-corrected chi connectivity index (χ0v) is 20.3. The summed E-state index contributed by atoms with van der Waals surface area (Å²) in [6.45, 7) is 1.33. The van der Waals surface area contributed by atoms with Crippen LogP contribution in [0.4, 0.5) is 0 Å². The lowest BCUT2D eigenvalue weighted by atomic mass is 10.1. The molecule has 180 valence electrons. The van der Waals surface area contributed by atoms with E-state index >= 15 is 0 Å². The molecule has 0 radical (unpaired) electrons. The molecule has 4 rings (SSSR count). The first-order valence-electron chi connectivity index (χ1n) is 11.8. The van der Waals surface area contributed by atoms with E-state index in [0.717, 1.165) is 22.4 Å². The Morgan fingerprint density at radius 1 is 0.861 bits per heavy atom. The highest BCUT2D eigenvalue weighted by Gasteiger charge is 2.15. The zero-order valence-electron chi connectivity index (χ0n) is 20.3. The van der Waals surface area contributed by atoms with Crippen molar-refractivity contribution in [2.75, 3.05) is 13.7 Å². The van der Waals surface area contributed by atoms with Gasteiger partial charge in [-0.1, -0.05) is 66.6 Å². The Balaban J connectivity index is 1.49. The summed E-state index contributed by atoms with van der Waals surface area (Å²) in [7, 11) is 1.61. The Labute approximate surface area is 212 Å². The number of aromatic nitrogens is 1. The number of benzene rings is 3. The van der Waals surface area contributed by atoms with Crippen molar-refractivity contribution >= 4 is 5.91 Å². The number of nitrogens with zero attached hydrogens (tertiary/aromatic N) is 2. The number of pyridine rings is 1. The summed E-state index contributed by atoms with van der Waals surface area (Å²) in [6, 6.07) is 31.0. The van der Waals surface area contributed by atoms with Gasteiger partial charge in [-0.25, -0.2) is 0 Å². The smallest absolute Gasteiger partial charge is 0.299 e. The number of rotatable bonds is 9. The van der Waals surface area contributed by atoms with Gasteiger partial charge in [0.1, 0.15) is 6.61 Å². The number of carbonyl (C=O) groups is 1. The molecule has 5 heteroatoms. The Morgan fingerprint density at radius 3 is 2.33 bits per heavy atom. The van der Waals surface area contributed by atoms with E-state index in [1.165, 1.54) is 0 Å². The Hall–Kier alpha value is -4.56. The molecule has 3 aromatic carbocycles. The van der Waals surface area contributed by atoms with Crippen molar-refractivity contribution in [3.8, 4) is 23.3 Å². The normalized spacial score (nSPS) is 10.1. The van der Waals surface area contributed by atoms with Gasteiger partial charge in [-0.2, -0.15) is 0 Å². The predicted octanol–water partition coefficient (Wildman–Crippen LogP) is 5.29. The fraction of sp³-hybridized carbons (Fsp3) is 0.161. The molecule has 36 heavy (non-hydrogen) atoms. The fourth-order valence-corrected chi connectivity index (χ4v) is 3.66. The van der Waals surface area contributed by atoms with Gasteiger partial charge in [0.2, 0.25) is 0 Å². The largest absolute Gasteiger partial charge is 0.493 e. The number of methoxy groups -OCH3 is 1. The average molecular weight is 477 g/mol. The van der Waals surface area contributed by atoms with E-state index in [1.807, 2.05) is 97.1 Å². The Kier molecular flexibility index (Phi) is 8.72. The molecule has 0 saturated carbocycles. The third-order valence-electron chi connectivity index (χ3n) is 5.58. The second-order valence-corrected chi connectivity index (χ2v) is 8.17. The lowest BCUT2D eigenvalue weighted by molar-refractivity contribution is -0.125. The number of ether oxygens (including phenoxy) is 2. The van der Waals surface area contributed by atoms with Crippen LogP contribution in [-0.4, -0.2) is 29.4 Å². The van der Waals surface area contributed by atoms with Gasteiger partial charge in [0.15, 0.2) is 11.5 Å². The maximum atomic E-state index is 13.1. The van der Waals surface area contributed by atoms with E-state index in [2.05, 4.69) is 16.8 Å². The molecule has 0 bridgehead atoms. The number of hydrogen-bond donors (Lipinski definition) is 0. The van der Waals surface area contributed by atoms with Crippen LogP contribution in [0.2, 0.25) is 0 Å². The quantitative estimate of drug-likeness (QED) is 0.308. The monoisotopic (exact) mass is 476 g/mol. The average Bonchev–Trinajstić information content (AvgIpc) is 2.94. The highest BCUT2D eigenvalue weighted by atomic mass is 16.5. The van der Waals surface area contributed by atoms with Crippen LogP contribution in [0.5, 0.6) is 11.5 Å². The van der Waals surface area contributed by atoms with Crippen molar-refractivity contribution in [3.05, 3.63) is 126 Å². The number of amides is 1. The topological polar surface area (TPSA) is 51.7 Å². The molecule has 0 atom stereocenters. The second kappa shape index (κ2) is 12.8. The van der Waals surface area contributed by atoms with Gasteiger partial charge in [0.05, 0.1) is 7.11 Å². The molecular weight excluding hydrogens is 448 g/mol. The molecule has 0 spiro atoms. The molecule has 0 unspecified atom stereocenters. The van der Waals surface area contributed by atoms with E-state index in [4.69, 9.17) is 9.47 Å². The van der Waals surface area contributed by atoms with Gasteiger partial charge >= 0.3 is 0 Å². The minimum atomic E-state index is -0.238. The highest BCUT2D eigenvalue weighted by molar-refractivity contribution is 5.94. The van der Waals surface area contributed by atoms with Crippen LogP contribution in [0, 0.1) is 11.8 Å². The Bertz CT molecular complexity index is 1310. The Morgan fingerprint density at radius 2 is 1.61 bits per heavy atom. The summed E-state index contributed by atoms with van der Waals surface area (Å²) in [5.41, 5.74) is 3.73. The molecule has 0 aliphatic carbocycles. The van der Waals surface area contributed by atoms with Crippen molar-refractivity contribution < 1.29 is 14.3 Å². The van der Waals surface area contributed by atoms with Crippen LogP contribution in [-0.2, 0) is 24.4 Å². The SMILES string of the molecule is COc1cc(CN(CCc2ccccn2)C(=O)C#Cc2ccccc2)ccc1OCc1ccccc1. The molecule has 0 aliphatic rings. The van der Waals surface area contributed by atoms with Crippen LogP contribution >= 0.6 is 0 Å². The predicted molar refractivity (Wildman–Crippen MR) is 140 cm³/mol. The maximum Gasteiger partial charge on any atom is 0.299 e. The maximum absolute atomic E-state index is 13.1. The molecule has 0 N–H and O–H groups in total. The number of hydrogen-bond acceptors (Lipinski definition) is 4. The first kappa shape index (κ1) is 24.6. The van der Waals surface area contributed by atoms with Gasteiger partial charge in [0.25, 0.3) is 5.91 Å². The summed E-state index contributed by atoms with van der Waals surface area (Å²) in [6.07, 6.45) is 2.39. The lowest BCUT2D eigenvalue weighted by Crippen LogP contribution is -2.31. The first-order chi connectivity index (χ1) is 17.7. The number of carbonyl (C=O) groups excluding carboxylic acids is 1. The van der Waals surface area contributed by atoms with E-state index in [0.29, 0.717) is 37.6 Å². The molecule has 0 aliphatic heterocycles. The van der Waals surface area contributed by atoms with Crippen molar-refractivity contribution in [1.29, 1.82) is 0 Å². The fourth-order valence-electron chi connectivity index (χ4n) is 3.66. The minimum Gasteiger partial charge on any atom is -0.493 e. The third-order valence-corrected chi connectivity index (χ3v) is 5.58. The molecule has 1 amide bonds. The molecule has 5 nitrogen and oxygen atoms in total. The summed E-state index contributed by atoms with van der Waals surface area (Å²) >= 11 is 0. The summed E-state index contributed by atoms with van der Waals surface area (Å²) in [4.78, 5) is 19.2. The molecule has 1 aromatic heterocycles. The van der Waals surface area contributed by atoms with Gasteiger partial charge in [-0.05, 0) is 47.5 Å². The van der Waals surface area contributed by atoms with Crippen LogP contribution in [0.3, 0.4) is 0 Å². The van der Waals surface area contributed by atoms with E-state index in [9.17, 15) is 4.79 Å². The van der Waals surface area contributed by atoms with Crippen LogP contribution in [0.15, 0.2) is 103 Å². The van der Waals surface area contributed by atoms with Crippen molar-refractivity contribution in [1.82, 2.24) is 9.88 Å². The van der Waals surface area contributed by atoms with Crippen molar-refractivity contribution in [3.63, 3.8) is 0 Å². The summed E-state index contributed by atoms with van der Waals surface area (Å²) < 4.78 is 11.6. The highest BCUT2D eigenvalue weighted by Crippen LogP contribution is 2.29. The van der Waals surface area contributed by atoms with Crippen LogP contribution < -0.4 is 9.47 Å². The first-order valence-corrected chi connectivity index (χ1v) is 11.8. The van der Waals surface area contributed by atoms with Gasteiger partial charge in [-0.3, -0.25) is 9.78 Å². The van der Waals surface area contributed by atoms with Crippen molar-refractivity contribution in [2.45, 2.75) is 19.6 Å². The molecule has 0 saturated heterocycles. The molecular formula is C31H28N2O3. The summed E-state index contributed by atoms with van der Waals surface area (Å²) in [5, 5.41) is 0. The van der Waals surface area contributed by atoms with Crippen molar-refractivity contribution in [2.24, 2.45) is 0 Å². The van der Waals surface area contributed by atoms with Crippen LogP contribution in [0.1, 0.15) is 22.4 Å². The van der Waals surface area contributed by atoms with E-state index in [1.54, 1.807) is 18.2 Å². The molecule has 0 fully saturated rings. The van der Waals surface area contributed by atoms with Gasteiger partial charge in [-0.15, -0.1) is 0 Å². The third kappa shape index (κ3) is 7.22. The lowest BCUT2D eigenvalue weighted by Gasteiger charge is -2.21. The molecule has 1 heterocycles. The van der Waals surface area contributed by atoms with Crippen LogP contribution in [0.25, 0.3) is 0 Å². The van der Waals surface area contributed by atoms with E-state index in [-0.39, 0.29) is 5.91 Å². The van der Waals surface area contributed by atoms with Gasteiger partial charge < -0.3 is 14.4 Å².